The third-order valence-electron chi connectivity index (χ3n) is 2.53. The van der Waals surface area contributed by atoms with Gasteiger partial charge in [0.15, 0.2) is 0 Å². The number of nitrogens with one attached hydrogen (secondary N) is 1. The summed E-state index contributed by atoms with van der Waals surface area (Å²) in [5.74, 6) is -0.360. The van der Waals surface area contributed by atoms with Crippen LogP contribution in [0.4, 0.5) is 0 Å². The summed E-state index contributed by atoms with van der Waals surface area (Å²) in [5, 5.41) is 15.3. The summed E-state index contributed by atoms with van der Waals surface area (Å²) in [5.41, 5.74) is 2.27. The predicted octanol–water partition coefficient (Wildman–Crippen LogP) is 2.85. The summed E-state index contributed by atoms with van der Waals surface area (Å²) in [6, 6.07) is 5.24. The minimum atomic E-state index is -1.04. The van der Waals surface area contributed by atoms with Crippen molar-refractivity contribution in [1.82, 2.24) is 10.2 Å². The Hall–Kier alpha value is -1.82. The van der Waals surface area contributed by atoms with Gasteiger partial charge in [-0.1, -0.05) is 15.9 Å². The van der Waals surface area contributed by atoms with Crippen LogP contribution in [0, 0.1) is 6.92 Å². The fourth-order valence-electron chi connectivity index (χ4n) is 1.76. The number of carbonyl (C=O) groups is 1. The van der Waals surface area contributed by atoms with Crippen LogP contribution in [0.5, 0.6) is 5.75 Å². The van der Waals surface area contributed by atoms with Gasteiger partial charge >= 0.3 is 5.97 Å². The third kappa shape index (κ3) is 2.24. The van der Waals surface area contributed by atoms with Crippen molar-refractivity contribution in [2.75, 3.05) is 7.11 Å². The number of hydrogen-bond acceptors (Lipinski definition) is 3. The SMILES string of the molecule is COc1c(C)cc(Br)cc1-c1cc(C(=O)O)[nH]n1. The molecule has 2 rings (SSSR count). The summed E-state index contributed by atoms with van der Waals surface area (Å²) in [6.45, 7) is 1.91. The molecule has 0 radical (unpaired) electrons. The zero-order valence-electron chi connectivity index (χ0n) is 9.82. The number of aromatic carboxylic acids is 1. The summed E-state index contributed by atoms with van der Waals surface area (Å²) < 4.78 is 6.22. The van der Waals surface area contributed by atoms with Crippen LogP contribution in [0.15, 0.2) is 22.7 Å². The van der Waals surface area contributed by atoms with Crippen LogP contribution >= 0.6 is 15.9 Å². The van der Waals surface area contributed by atoms with Gasteiger partial charge < -0.3 is 9.84 Å². The lowest BCUT2D eigenvalue weighted by Crippen LogP contribution is -1.95. The Balaban J connectivity index is 2.58. The first-order chi connectivity index (χ1) is 8.52. The molecule has 0 fully saturated rings. The van der Waals surface area contributed by atoms with Gasteiger partial charge in [0.1, 0.15) is 11.4 Å². The standard InChI is InChI=1S/C12H11BrN2O3/c1-6-3-7(13)4-8(11(6)18-2)9-5-10(12(16)17)15-14-9/h3-5H,1-2H3,(H,14,15)(H,16,17). The van der Waals surface area contributed by atoms with Gasteiger partial charge in [0, 0.05) is 10.0 Å². The highest BCUT2D eigenvalue weighted by Gasteiger charge is 2.15. The van der Waals surface area contributed by atoms with Crippen molar-refractivity contribution in [3.8, 4) is 17.0 Å². The van der Waals surface area contributed by atoms with Crippen LogP contribution < -0.4 is 4.74 Å². The molecule has 0 aliphatic carbocycles. The molecule has 94 valence electrons. The Bertz CT molecular complexity index is 607. The lowest BCUT2D eigenvalue weighted by molar-refractivity contribution is 0.0690. The molecule has 5 nitrogen and oxygen atoms in total. The Morgan fingerprint density at radius 3 is 2.72 bits per heavy atom. The average Bonchev–Trinajstić information content (AvgIpc) is 2.77. The Kier molecular flexibility index (Phi) is 3.38. The lowest BCUT2D eigenvalue weighted by Gasteiger charge is -2.10. The van der Waals surface area contributed by atoms with Crippen LogP contribution in [0.2, 0.25) is 0 Å². The van der Waals surface area contributed by atoms with E-state index in [-0.39, 0.29) is 5.69 Å². The first-order valence-corrected chi connectivity index (χ1v) is 5.95. The quantitative estimate of drug-likeness (QED) is 0.914. The number of methoxy groups -OCH3 is 1. The van der Waals surface area contributed by atoms with Crippen molar-refractivity contribution in [2.45, 2.75) is 6.92 Å². The second-order valence-corrected chi connectivity index (χ2v) is 4.69. The fraction of sp³-hybridized carbons (Fsp3) is 0.167. The van der Waals surface area contributed by atoms with Crippen molar-refractivity contribution in [3.63, 3.8) is 0 Å². The minimum Gasteiger partial charge on any atom is -0.496 e. The highest BCUT2D eigenvalue weighted by atomic mass is 79.9. The van der Waals surface area contributed by atoms with E-state index >= 15 is 0 Å². The number of H-pyrrole nitrogens is 1. The maximum atomic E-state index is 10.8. The number of aromatic amines is 1. The molecule has 0 aliphatic rings. The maximum Gasteiger partial charge on any atom is 0.353 e. The van der Waals surface area contributed by atoms with Crippen molar-refractivity contribution >= 4 is 21.9 Å². The van der Waals surface area contributed by atoms with Gasteiger partial charge in [-0.05, 0) is 30.7 Å². The molecule has 1 heterocycles. The molecule has 0 saturated carbocycles. The van der Waals surface area contributed by atoms with Crippen molar-refractivity contribution in [1.29, 1.82) is 0 Å². The van der Waals surface area contributed by atoms with Gasteiger partial charge in [-0.2, -0.15) is 5.10 Å². The Labute approximate surface area is 112 Å². The molecular weight excluding hydrogens is 300 g/mol. The summed E-state index contributed by atoms with van der Waals surface area (Å²) in [4.78, 5) is 10.8. The molecule has 0 unspecified atom stereocenters. The van der Waals surface area contributed by atoms with Gasteiger partial charge in [0.25, 0.3) is 0 Å². The van der Waals surface area contributed by atoms with E-state index in [1.807, 2.05) is 19.1 Å². The molecule has 2 N–H and O–H groups in total. The first kappa shape index (κ1) is 12.6. The number of benzene rings is 1. The Morgan fingerprint density at radius 1 is 1.44 bits per heavy atom. The van der Waals surface area contributed by atoms with E-state index < -0.39 is 5.97 Å². The number of carboxylic acid groups (broad SMARTS) is 1. The molecule has 0 saturated heterocycles. The number of nitrogens with zero attached hydrogens (tertiary/aromatic N) is 1. The minimum absolute atomic E-state index is 0.0460. The number of halogens is 1. The van der Waals surface area contributed by atoms with Gasteiger partial charge in [-0.3, -0.25) is 5.10 Å². The molecule has 0 bridgehead atoms. The van der Waals surface area contributed by atoms with Gasteiger partial charge in [-0.25, -0.2) is 4.79 Å². The topological polar surface area (TPSA) is 75.2 Å². The van der Waals surface area contributed by atoms with E-state index in [1.54, 1.807) is 7.11 Å². The molecule has 2 aromatic rings. The molecule has 18 heavy (non-hydrogen) atoms. The highest BCUT2D eigenvalue weighted by Crippen LogP contribution is 2.34. The summed E-state index contributed by atoms with van der Waals surface area (Å²) in [6.07, 6.45) is 0. The van der Waals surface area contributed by atoms with Gasteiger partial charge in [0.2, 0.25) is 0 Å². The zero-order valence-corrected chi connectivity index (χ0v) is 11.4. The normalized spacial score (nSPS) is 10.4. The number of aryl methyl sites for hydroxylation is 1. The van der Waals surface area contributed by atoms with E-state index in [9.17, 15) is 4.79 Å². The highest BCUT2D eigenvalue weighted by molar-refractivity contribution is 9.10. The largest absolute Gasteiger partial charge is 0.496 e. The number of rotatable bonds is 3. The van der Waals surface area contributed by atoms with Crippen LogP contribution in [-0.4, -0.2) is 28.4 Å². The molecule has 0 amide bonds. The summed E-state index contributed by atoms with van der Waals surface area (Å²) in [7, 11) is 1.57. The number of aromatic nitrogens is 2. The van der Waals surface area contributed by atoms with Crippen LogP contribution in [0.1, 0.15) is 16.1 Å². The fourth-order valence-corrected chi connectivity index (χ4v) is 2.33. The van der Waals surface area contributed by atoms with Crippen molar-refractivity contribution < 1.29 is 14.6 Å². The molecule has 1 aromatic carbocycles. The summed E-state index contributed by atoms with van der Waals surface area (Å²) >= 11 is 3.40. The number of hydrogen-bond donors (Lipinski definition) is 2. The molecular formula is C12H11BrN2O3. The van der Waals surface area contributed by atoms with E-state index in [1.165, 1.54) is 6.07 Å². The van der Waals surface area contributed by atoms with E-state index in [0.29, 0.717) is 11.4 Å². The second kappa shape index (κ2) is 4.81. The second-order valence-electron chi connectivity index (χ2n) is 3.78. The first-order valence-electron chi connectivity index (χ1n) is 5.16. The molecule has 0 aliphatic heterocycles. The van der Waals surface area contributed by atoms with Gasteiger partial charge in [0.05, 0.1) is 12.8 Å². The van der Waals surface area contributed by atoms with Crippen molar-refractivity contribution in [3.05, 3.63) is 33.9 Å². The number of carboxylic acids is 1. The molecule has 0 spiro atoms. The van der Waals surface area contributed by atoms with Gasteiger partial charge in [-0.15, -0.1) is 0 Å². The van der Waals surface area contributed by atoms with Crippen LogP contribution in [0.25, 0.3) is 11.3 Å². The predicted molar refractivity (Wildman–Crippen MR) is 70.0 cm³/mol. The monoisotopic (exact) mass is 310 g/mol. The van der Waals surface area contributed by atoms with E-state index in [0.717, 1.165) is 15.6 Å². The van der Waals surface area contributed by atoms with E-state index in [4.69, 9.17) is 9.84 Å². The average molecular weight is 311 g/mol. The number of ether oxygens (including phenoxy) is 1. The zero-order chi connectivity index (χ0) is 13.3. The Morgan fingerprint density at radius 2 is 2.17 bits per heavy atom. The van der Waals surface area contributed by atoms with Crippen LogP contribution in [-0.2, 0) is 0 Å². The molecule has 1 aromatic heterocycles. The van der Waals surface area contributed by atoms with Crippen molar-refractivity contribution in [2.24, 2.45) is 0 Å². The van der Waals surface area contributed by atoms with E-state index in [2.05, 4.69) is 26.1 Å². The third-order valence-corrected chi connectivity index (χ3v) is 2.99. The smallest absolute Gasteiger partial charge is 0.353 e. The lowest BCUT2D eigenvalue weighted by atomic mass is 10.1. The molecule has 6 heteroatoms. The maximum absolute atomic E-state index is 10.8. The molecule has 0 atom stereocenters. The van der Waals surface area contributed by atoms with Crippen LogP contribution in [0.3, 0.4) is 0 Å².